The number of hydrogen-bond donors (Lipinski definition) is 2. The maximum Gasteiger partial charge on any atom is 0.251 e. The number of likely N-dealkylation sites (tertiary alicyclic amines) is 1. The second-order valence-electron chi connectivity index (χ2n) is 8.32. The Balaban J connectivity index is 1.48. The van der Waals surface area contributed by atoms with Crippen LogP contribution >= 0.6 is 0 Å². The molecule has 0 spiro atoms. The summed E-state index contributed by atoms with van der Waals surface area (Å²) < 4.78 is 0. The number of aromatic nitrogens is 2. The minimum absolute atomic E-state index is 0.0352. The zero-order valence-electron chi connectivity index (χ0n) is 16.9. The lowest BCUT2D eigenvalue weighted by atomic mass is 10.0. The Bertz CT molecular complexity index is 868. The van der Waals surface area contributed by atoms with Gasteiger partial charge in [0.1, 0.15) is 5.82 Å². The van der Waals surface area contributed by atoms with E-state index >= 15 is 0 Å². The number of nitrogens with zero attached hydrogens (tertiary/aromatic N) is 2. The van der Waals surface area contributed by atoms with Crippen molar-refractivity contribution in [2.24, 2.45) is 0 Å². The summed E-state index contributed by atoms with van der Waals surface area (Å²) in [6.45, 7) is 2.41. The summed E-state index contributed by atoms with van der Waals surface area (Å²) in [5, 5.41) is 3.20. The summed E-state index contributed by atoms with van der Waals surface area (Å²) >= 11 is 0. The first kappa shape index (κ1) is 19.8. The molecule has 2 aliphatic rings. The number of rotatable bonds is 7. The summed E-state index contributed by atoms with van der Waals surface area (Å²) in [6, 6.07) is 11.3. The number of carbonyl (C=O) groups is 1. The number of amides is 1. The Morgan fingerprint density at radius 2 is 1.86 bits per heavy atom. The van der Waals surface area contributed by atoms with E-state index in [1.807, 2.05) is 30.3 Å². The van der Waals surface area contributed by atoms with Crippen molar-refractivity contribution < 1.29 is 4.79 Å². The molecule has 2 fully saturated rings. The van der Waals surface area contributed by atoms with Crippen LogP contribution in [0.4, 0.5) is 0 Å². The molecule has 1 aromatic carbocycles. The zero-order chi connectivity index (χ0) is 20.1. The molecule has 29 heavy (non-hydrogen) atoms. The van der Waals surface area contributed by atoms with Crippen LogP contribution in [0.25, 0.3) is 0 Å². The van der Waals surface area contributed by atoms with Gasteiger partial charge in [-0.2, -0.15) is 0 Å². The number of benzene rings is 1. The molecule has 0 radical (unpaired) electrons. The molecule has 1 aliphatic heterocycles. The molecule has 1 saturated carbocycles. The van der Waals surface area contributed by atoms with E-state index in [9.17, 15) is 9.59 Å². The number of hydrogen-bond acceptors (Lipinski definition) is 4. The molecule has 1 amide bonds. The number of aromatic amines is 1. The molecule has 6 heteroatoms. The predicted molar refractivity (Wildman–Crippen MR) is 113 cm³/mol. The van der Waals surface area contributed by atoms with Crippen LogP contribution in [0.5, 0.6) is 0 Å². The topological polar surface area (TPSA) is 78.1 Å². The van der Waals surface area contributed by atoms with Crippen LogP contribution in [0, 0.1) is 0 Å². The Kier molecular flexibility index (Phi) is 6.39. The van der Waals surface area contributed by atoms with Crippen molar-refractivity contribution in [3.8, 4) is 0 Å². The predicted octanol–water partition coefficient (Wildman–Crippen LogP) is 2.92. The number of carbonyl (C=O) groups excluding carboxylic acids is 1. The van der Waals surface area contributed by atoms with Gasteiger partial charge in [-0.3, -0.25) is 14.5 Å². The van der Waals surface area contributed by atoms with Crippen molar-refractivity contribution in [3.63, 3.8) is 0 Å². The van der Waals surface area contributed by atoms with Crippen LogP contribution in [0.15, 0.2) is 41.2 Å². The zero-order valence-corrected chi connectivity index (χ0v) is 16.9. The van der Waals surface area contributed by atoms with E-state index in [0.29, 0.717) is 18.9 Å². The highest BCUT2D eigenvalue weighted by atomic mass is 16.2. The van der Waals surface area contributed by atoms with Gasteiger partial charge in [0.15, 0.2) is 0 Å². The lowest BCUT2D eigenvalue weighted by Crippen LogP contribution is -2.40. The summed E-state index contributed by atoms with van der Waals surface area (Å²) in [7, 11) is 0. The number of nitrogens with one attached hydrogen (secondary N) is 2. The third kappa shape index (κ3) is 5.76. The van der Waals surface area contributed by atoms with Crippen molar-refractivity contribution in [1.29, 1.82) is 0 Å². The summed E-state index contributed by atoms with van der Waals surface area (Å²) in [5.74, 6) is 1.21. The van der Waals surface area contributed by atoms with Crippen LogP contribution in [0.2, 0.25) is 0 Å². The van der Waals surface area contributed by atoms with Gasteiger partial charge in [-0.1, -0.05) is 43.2 Å². The molecule has 154 valence electrons. The van der Waals surface area contributed by atoms with E-state index in [2.05, 4.69) is 20.2 Å². The monoisotopic (exact) mass is 394 g/mol. The molecule has 6 nitrogen and oxygen atoms in total. The lowest BCUT2D eigenvalue weighted by molar-refractivity contribution is -0.123. The smallest absolute Gasteiger partial charge is 0.251 e. The molecule has 1 saturated heterocycles. The average molecular weight is 395 g/mol. The Labute approximate surface area is 171 Å². The molecular formula is C23H30N4O2. The molecule has 1 aliphatic carbocycles. The Morgan fingerprint density at radius 3 is 2.55 bits per heavy atom. The van der Waals surface area contributed by atoms with Crippen LogP contribution < -0.4 is 10.9 Å². The maximum absolute atomic E-state index is 12.8. The van der Waals surface area contributed by atoms with Gasteiger partial charge in [0, 0.05) is 18.4 Å². The van der Waals surface area contributed by atoms with Crippen LogP contribution in [0.1, 0.15) is 67.6 Å². The van der Waals surface area contributed by atoms with Crippen molar-refractivity contribution >= 4 is 5.91 Å². The molecule has 4 rings (SSSR count). The second-order valence-corrected chi connectivity index (χ2v) is 8.32. The Morgan fingerprint density at radius 1 is 1.14 bits per heavy atom. The largest absolute Gasteiger partial charge is 0.348 e. The molecule has 0 bridgehead atoms. The van der Waals surface area contributed by atoms with E-state index < -0.39 is 0 Å². The van der Waals surface area contributed by atoms with Gasteiger partial charge in [-0.25, -0.2) is 4.98 Å². The van der Waals surface area contributed by atoms with Gasteiger partial charge in [0.05, 0.1) is 18.3 Å². The first-order valence-electron chi connectivity index (χ1n) is 10.8. The Hall–Kier alpha value is -2.47. The van der Waals surface area contributed by atoms with Crippen LogP contribution in [-0.4, -0.2) is 40.4 Å². The molecule has 0 unspecified atom stereocenters. The highest BCUT2D eigenvalue weighted by Crippen LogP contribution is 2.37. The fourth-order valence-corrected chi connectivity index (χ4v) is 4.07. The third-order valence-corrected chi connectivity index (χ3v) is 5.79. The lowest BCUT2D eigenvalue weighted by Gasteiger charge is -2.23. The van der Waals surface area contributed by atoms with Crippen molar-refractivity contribution in [1.82, 2.24) is 20.2 Å². The maximum atomic E-state index is 12.8. The molecular weight excluding hydrogens is 364 g/mol. The minimum atomic E-state index is -0.197. The highest BCUT2D eigenvalue weighted by molar-refractivity contribution is 5.78. The van der Waals surface area contributed by atoms with E-state index in [1.54, 1.807) is 6.07 Å². The summed E-state index contributed by atoms with van der Waals surface area (Å²) in [4.78, 5) is 34.7. The van der Waals surface area contributed by atoms with Crippen LogP contribution in [-0.2, 0) is 11.2 Å². The van der Waals surface area contributed by atoms with E-state index in [1.165, 1.54) is 12.8 Å². The van der Waals surface area contributed by atoms with E-state index in [-0.39, 0.29) is 17.5 Å². The first-order chi connectivity index (χ1) is 14.2. The minimum Gasteiger partial charge on any atom is -0.348 e. The normalized spacial score (nSPS) is 18.8. The summed E-state index contributed by atoms with van der Waals surface area (Å²) in [5.41, 5.74) is 1.66. The van der Waals surface area contributed by atoms with E-state index in [4.69, 9.17) is 0 Å². The van der Waals surface area contributed by atoms with Gasteiger partial charge < -0.3 is 10.3 Å². The van der Waals surface area contributed by atoms with Gasteiger partial charge in [-0.15, -0.1) is 0 Å². The average Bonchev–Trinajstić information content (AvgIpc) is 3.56. The second kappa shape index (κ2) is 9.35. The molecule has 2 aromatic rings. The van der Waals surface area contributed by atoms with Crippen molar-refractivity contribution in [2.75, 3.05) is 19.6 Å². The quantitative estimate of drug-likeness (QED) is 0.757. The number of H-pyrrole nitrogens is 1. The standard InChI is InChI=1S/C23H30N4O2/c28-21-15-19(24-23(26-21)18-10-11-18)14-20(17-8-4-3-5-9-17)25-22(29)16-27-12-6-1-2-7-13-27/h3-5,8-9,15,18,20H,1-2,6-7,10-14,16H2,(H,25,29)(H,24,26,28)/t20-/m0/s1. The molecule has 2 N–H and O–H groups in total. The van der Waals surface area contributed by atoms with Gasteiger partial charge >= 0.3 is 0 Å². The fraction of sp³-hybridized carbons (Fsp3) is 0.522. The SMILES string of the molecule is O=C(CN1CCCCCC1)N[C@@H](Cc1cc(=O)[nH]c(C2CC2)n1)c1ccccc1. The molecule has 1 atom stereocenters. The van der Waals surface area contributed by atoms with Crippen LogP contribution in [0.3, 0.4) is 0 Å². The third-order valence-electron chi connectivity index (χ3n) is 5.79. The molecule has 2 heterocycles. The van der Waals surface area contributed by atoms with Gasteiger partial charge in [0.25, 0.3) is 5.56 Å². The highest BCUT2D eigenvalue weighted by Gasteiger charge is 2.27. The first-order valence-corrected chi connectivity index (χ1v) is 10.8. The van der Waals surface area contributed by atoms with Crippen molar-refractivity contribution in [2.45, 2.75) is 56.9 Å². The van der Waals surface area contributed by atoms with Gasteiger partial charge in [-0.05, 0) is 44.3 Å². The molecule has 1 aromatic heterocycles. The van der Waals surface area contributed by atoms with Crippen molar-refractivity contribution in [3.05, 3.63) is 63.8 Å². The fourth-order valence-electron chi connectivity index (χ4n) is 4.07. The van der Waals surface area contributed by atoms with E-state index in [0.717, 1.165) is 55.9 Å². The summed E-state index contributed by atoms with van der Waals surface area (Å²) in [6.07, 6.45) is 7.51. The van der Waals surface area contributed by atoms with Gasteiger partial charge in [0.2, 0.25) is 5.91 Å².